The molecule has 0 aromatic carbocycles. The van der Waals surface area contributed by atoms with Crippen molar-refractivity contribution in [2.75, 3.05) is 46.3 Å². The third-order valence-electron chi connectivity index (χ3n) is 3.65. The van der Waals surface area contributed by atoms with Crippen molar-refractivity contribution in [3.63, 3.8) is 0 Å². The van der Waals surface area contributed by atoms with Crippen molar-refractivity contribution in [3.05, 3.63) is 24.0 Å². The molecule has 0 atom stereocenters. The second-order valence-corrected chi connectivity index (χ2v) is 5.36. The van der Waals surface area contributed by atoms with Crippen LogP contribution >= 0.6 is 0 Å². The van der Waals surface area contributed by atoms with Crippen LogP contribution in [0.1, 0.15) is 12.0 Å². The molecule has 0 bridgehead atoms. The summed E-state index contributed by atoms with van der Waals surface area (Å²) in [5.41, 5.74) is 1.37. The van der Waals surface area contributed by atoms with Crippen molar-refractivity contribution in [3.8, 4) is 0 Å². The molecule has 0 amide bonds. The summed E-state index contributed by atoms with van der Waals surface area (Å²) in [5, 5.41) is 3.51. The summed E-state index contributed by atoms with van der Waals surface area (Å²) in [6.45, 7) is 8.24. The van der Waals surface area contributed by atoms with Crippen LogP contribution < -0.4 is 5.32 Å². The monoisotopic (exact) mass is 250 g/mol. The first-order chi connectivity index (χ1) is 8.74. The van der Waals surface area contributed by atoms with E-state index >= 15 is 0 Å². The van der Waals surface area contributed by atoms with Gasteiger partial charge in [-0.25, -0.2) is 0 Å². The maximum absolute atomic E-state index is 3.51. The molecule has 0 aliphatic carbocycles. The topological polar surface area (TPSA) is 23.4 Å². The Morgan fingerprint density at radius 1 is 1.17 bits per heavy atom. The summed E-state index contributed by atoms with van der Waals surface area (Å²) < 4.78 is 2.10. The smallest absolute Gasteiger partial charge is 0.0220 e. The number of likely N-dealkylation sites (N-methyl/N-ethyl adjacent to an activating group) is 1. The van der Waals surface area contributed by atoms with Crippen molar-refractivity contribution in [1.82, 2.24) is 19.7 Å². The summed E-state index contributed by atoms with van der Waals surface area (Å²) in [7, 11) is 4.27. The van der Waals surface area contributed by atoms with Gasteiger partial charge in [0.15, 0.2) is 0 Å². The van der Waals surface area contributed by atoms with Crippen LogP contribution in [0, 0.1) is 0 Å². The molecule has 4 nitrogen and oxygen atoms in total. The van der Waals surface area contributed by atoms with Crippen molar-refractivity contribution >= 4 is 0 Å². The van der Waals surface area contributed by atoms with E-state index in [2.05, 4.69) is 52.2 Å². The predicted octanol–water partition coefficient (Wildman–Crippen LogP) is 0.752. The van der Waals surface area contributed by atoms with E-state index in [0.717, 1.165) is 13.1 Å². The molecule has 0 unspecified atom stereocenters. The third-order valence-corrected chi connectivity index (χ3v) is 3.65. The molecule has 1 aromatic heterocycles. The van der Waals surface area contributed by atoms with Crippen LogP contribution in [0.5, 0.6) is 0 Å². The molecule has 1 aliphatic rings. The largest absolute Gasteiger partial charge is 0.357 e. The standard InChI is InChI=1S/C14H26N4/c1-16-8-10-18(11-9-16)6-3-5-15-12-14-4-7-17(2)13-14/h4,7,13,15H,3,5-6,8-12H2,1-2H3. The first-order valence-corrected chi connectivity index (χ1v) is 6.96. The quantitative estimate of drug-likeness (QED) is 0.754. The van der Waals surface area contributed by atoms with Crippen LogP contribution in [0.3, 0.4) is 0 Å². The molecule has 0 radical (unpaired) electrons. The van der Waals surface area contributed by atoms with Crippen molar-refractivity contribution in [1.29, 1.82) is 0 Å². The molecule has 4 heteroatoms. The van der Waals surface area contributed by atoms with E-state index in [9.17, 15) is 0 Å². The summed E-state index contributed by atoms with van der Waals surface area (Å²) in [6, 6.07) is 2.17. The Bertz CT molecular complexity index is 339. The normalized spacial score (nSPS) is 18.3. The summed E-state index contributed by atoms with van der Waals surface area (Å²) in [5.74, 6) is 0. The summed E-state index contributed by atoms with van der Waals surface area (Å²) in [4.78, 5) is 4.98. The lowest BCUT2D eigenvalue weighted by molar-refractivity contribution is 0.153. The van der Waals surface area contributed by atoms with E-state index in [4.69, 9.17) is 0 Å². The number of nitrogens with zero attached hydrogens (tertiary/aromatic N) is 3. The fraction of sp³-hybridized carbons (Fsp3) is 0.714. The predicted molar refractivity (Wildman–Crippen MR) is 75.7 cm³/mol. The Kier molecular flexibility index (Phi) is 5.23. The van der Waals surface area contributed by atoms with Crippen LogP contribution in [0.2, 0.25) is 0 Å². The highest BCUT2D eigenvalue weighted by Crippen LogP contribution is 2.00. The van der Waals surface area contributed by atoms with Gasteiger partial charge in [0.25, 0.3) is 0 Å². The summed E-state index contributed by atoms with van der Waals surface area (Å²) >= 11 is 0. The molecule has 0 spiro atoms. The third kappa shape index (κ3) is 4.44. The Morgan fingerprint density at radius 3 is 2.61 bits per heavy atom. The molecular weight excluding hydrogens is 224 g/mol. The van der Waals surface area contributed by atoms with E-state index in [1.807, 2.05) is 0 Å². The molecule has 18 heavy (non-hydrogen) atoms. The molecule has 0 saturated carbocycles. The minimum atomic E-state index is 0.990. The minimum absolute atomic E-state index is 0.990. The molecule has 1 saturated heterocycles. The van der Waals surface area contributed by atoms with E-state index in [0.29, 0.717) is 0 Å². The van der Waals surface area contributed by atoms with E-state index < -0.39 is 0 Å². The van der Waals surface area contributed by atoms with E-state index in [1.165, 1.54) is 44.7 Å². The Morgan fingerprint density at radius 2 is 1.94 bits per heavy atom. The van der Waals surface area contributed by atoms with Gasteiger partial charge in [-0.05, 0) is 38.2 Å². The molecule has 1 fully saturated rings. The fourth-order valence-electron chi connectivity index (χ4n) is 2.40. The first-order valence-electron chi connectivity index (χ1n) is 6.96. The zero-order valence-electron chi connectivity index (χ0n) is 11.7. The van der Waals surface area contributed by atoms with E-state index in [-0.39, 0.29) is 0 Å². The van der Waals surface area contributed by atoms with Gasteiger partial charge in [-0.2, -0.15) is 0 Å². The Labute approximate surface area is 111 Å². The average Bonchev–Trinajstić information content (AvgIpc) is 2.77. The van der Waals surface area contributed by atoms with Crippen LogP contribution in [0.25, 0.3) is 0 Å². The number of aryl methyl sites for hydroxylation is 1. The fourth-order valence-corrected chi connectivity index (χ4v) is 2.40. The maximum atomic E-state index is 3.51. The minimum Gasteiger partial charge on any atom is -0.357 e. The van der Waals surface area contributed by atoms with Crippen molar-refractivity contribution < 1.29 is 0 Å². The van der Waals surface area contributed by atoms with Gasteiger partial charge in [0, 0.05) is 52.2 Å². The van der Waals surface area contributed by atoms with Gasteiger partial charge >= 0.3 is 0 Å². The van der Waals surface area contributed by atoms with Gasteiger partial charge in [0.1, 0.15) is 0 Å². The SMILES string of the molecule is CN1CCN(CCCNCc2ccn(C)c2)CC1. The average molecular weight is 250 g/mol. The van der Waals surface area contributed by atoms with Gasteiger partial charge < -0.3 is 19.7 Å². The van der Waals surface area contributed by atoms with Gasteiger partial charge in [-0.1, -0.05) is 0 Å². The molecule has 1 aromatic rings. The van der Waals surface area contributed by atoms with E-state index in [1.54, 1.807) is 0 Å². The zero-order valence-corrected chi connectivity index (χ0v) is 11.7. The molecule has 2 heterocycles. The highest BCUT2D eigenvalue weighted by Gasteiger charge is 2.12. The summed E-state index contributed by atoms with van der Waals surface area (Å²) in [6.07, 6.45) is 5.52. The number of hydrogen-bond acceptors (Lipinski definition) is 3. The zero-order chi connectivity index (χ0) is 12.8. The number of rotatable bonds is 6. The molecular formula is C14H26N4. The number of hydrogen-bond donors (Lipinski definition) is 1. The van der Waals surface area contributed by atoms with Gasteiger partial charge in [-0.3, -0.25) is 0 Å². The molecule has 1 N–H and O–H groups in total. The second kappa shape index (κ2) is 6.92. The maximum Gasteiger partial charge on any atom is 0.0220 e. The van der Waals surface area contributed by atoms with Gasteiger partial charge in [0.05, 0.1) is 0 Å². The number of nitrogens with one attached hydrogen (secondary N) is 1. The molecule has 102 valence electrons. The Balaban J connectivity index is 1.51. The van der Waals surface area contributed by atoms with Crippen molar-refractivity contribution in [2.45, 2.75) is 13.0 Å². The lowest BCUT2D eigenvalue weighted by Gasteiger charge is -2.32. The molecule has 2 rings (SSSR count). The lowest BCUT2D eigenvalue weighted by Crippen LogP contribution is -2.45. The van der Waals surface area contributed by atoms with Gasteiger partial charge in [0.2, 0.25) is 0 Å². The van der Waals surface area contributed by atoms with Crippen LogP contribution in [-0.2, 0) is 13.6 Å². The lowest BCUT2D eigenvalue weighted by atomic mass is 10.3. The highest BCUT2D eigenvalue weighted by molar-refractivity contribution is 5.09. The van der Waals surface area contributed by atoms with Crippen LogP contribution in [0.4, 0.5) is 0 Å². The highest BCUT2D eigenvalue weighted by atomic mass is 15.2. The van der Waals surface area contributed by atoms with Crippen LogP contribution in [0.15, 0.2) is 18.5 Å². The molecule has 1 aliphatic heterocycles. The van der Waals surface area contributed by atoms with Crippen molar-refractivity contribution in [2.24, 2.45) is 7.05 Å². The van der Waals surface area contributed by atoms with Crippen LogP contribution in [-0.4, -0.2) is 60.7 Å². The van der Waals surface area contributed by atoms with Gasteiger partial charge in [-0.15, -0.1) is 0 Å². The number of piperazine rings is 1. The number of aromatic nitrogens is 1. The Hall–Kier alpha value is -0.840. The first kappa shape index (κ1) is 13.6. The second-order valence-electron chi connectivity index (χ2n) is 5.36.